The Morgan fingerprint density at radius 2 is 2.18 bits per heavy atom. The van der Waals surface area contributed by atoms with Crippen molar-refractivity contribution in [1.82, 2.24) is 15.2 Å². The highest BCUT2D eigenvalue weighted by atomic mass is 19.4. The summed E-state index contributed by atoms with van der Waals surface area (Å²) >= 11 is 0. The summed E-state index contributed by atoms with van der Waals surface area (Å²) in [7, 11) is 0. The van der Waals surface area contributed by atoms with Gasteiger partial charge in [0.2, 0.25) is 0 Å². The molecule has 0 unspecified atom stereocenters. The standard InChI is InChI=1S/C5H3F3N3/c6-5(7,8)3-4-9-1-2-10-11-4/h1H,3H2. The predicted octanol–water partition coefficient (Wildman–Crippen LogP) is 0.777. The monoisotopic (exact) mass is 162 g/mol. The molecule has 0 N–H and O–H groups in total. The highest BCUT2D eigenvalue weighted by Gasteiger charge is 2.29. The Hall–Kier alpha value is -1.20. The van der Waals surface area contributed by atoms with Crippen LogP contribution in [-0.2, 0) is 6.42 Å². The Kier molecular flexibility index (Phi) is 2.02. The fraction of sp³-hybridized carbons (Fsp3) is 0.400. The number of nitrogens with zero attached hydrogens (tertiary/aromatic N) is 3. The molecule has 0 aromatic carbocycles. The SMILES string of the molecule is FC(F)(F)Cc1nc[c]nn1. The van der Waals surface area contributed by atoms with E-state index in [1.165, 1.54) is 0 Å². The molecule has 59 valence electrons. The summed E-state index contributed by atoms with van der Waals surface area (Å²) in [6.45, 7) is 0. The van der Waals surface area contributed by atoms with Gasteiger partial charge in [-0.3, -0.25) is 0 Å². The molecule has 0 saturated heterocycles. The number of alkyl halides is 3. The lowest BCUT2D eigenvalue weighted by Gasteiger charge is -2.01. The lowest BCUT2D eigenvalue weighted by Crippen LogP contribution is -2.14. The average Bonchev–Trinajstić information content (AvgIpc) is 1.85. The molecule has 1 rings (SSSR count). The smallest absolute Gasteiger partial charge is 0.237 e. The maximum Gasteiger partial charge on any atom is 0.396 e. The zero-order valence-corrected chi connectivity index (χ0v) is 5.26. The van der Waals surface area contributed by atoms with Crippen molar-refractivity contribution in [3.63, 3.8) is 0 Å². The van der Waals surface area contributed by atoms with Crippen LogP contribution in [0.25, 0.3) is 0 Å². The van der Waals surface area contributed by atoms with Gasteiger partial charge in [0.15, 0.2) is 5.82 Å². The predicted molar refractivity (Wildman–Crippen MR) is 28.4 cm³/mol. The lowest BCUT2D eigenvalue weighted by atomic mass is 10.4. The quantitative estimate of drug-likeness (QED) is 0.612. The van der Waals surface area contributed by atoms with Crippen LogP contribution < -0.4 is 0 Å². The minimum absolute atomic E-state index is 0.337. The van der Waals surface area contributed by atoms with Gasteiger partial charge in [0.25, 0.3) is 0 Å². The lowest BCUT2D eigenvalue weighted by molar-refractivity contribution is -0.128. The normalized spacial score (nSPS) is 11.5. The molecular weight excluding hydrogens is 159 g/mol. The number of hydrogen-bond acceptors (Lipinski definition) is 3. The molecule has 0 amide bonds. The highest BCUT2D eigenvalue weighted by Crippen LogP contribution is 2.18. The van der Waals surface area contributed by atoms with Crippen molar-refractivity contribution >= 4 is 0 Å². The van der Waals surface area contributed by atoms with E-state index in [1.54, 1.807) is 0 Å². The molecule has 3 nitrogen and oxygen atoms in total. The molecule has 11 heavy (non-hydrogen) atoms. The number of hydrogen-bond donors (Lipinski definition) is 0. The summed E-state index contributed by atoms with van der Waals surface area (Å²) in [5.41, 5.74) is 0. The van der Waals surface area contributed by atoms with Crippen LogP contribution in [-0.4, -0.2) is 21.4 Å². The van der Waals surface area contributed by atoms with Gasteiger partial charge in [0.05, 0.1) is 6.20 Å². The number of aromatic nitrogens is 3. The summed E-state index contributed by atoms with van der Waals surface area (Å²) in [5.74, 6) is -0.337. The van der Waals surface area contributed by atoms with Gasteiger partial charge in [-0.2, -0.15) is 13.2 Å². The molecule has 0 saturated carbocycles. The molecule has 1 radical (unpaired) electrons. The van der Waals surface area contributed by atoms with Crippen LogP contribution >= 0.6 is 0 Å². The van der Waals surface area contributed by atoms with Gasteiger partial charge in [-0.05, 0) is 0 Å². The third-order valence-electron chi connectivity index (χ3n) is 0.853. The zero-order chi connectivity index (χ0) is 8.32. The topological polar surface area (TPSA) is 38.7 Å². The Morgan fingerprint density at radius 1 is 1.45 bits per heavy atom. The second kappa shape index (κ2) is 2.81. The summed E-state index contributed by atoms with van der Waals surface area (Å²) in [6.07, 6.45) is -2.19. The third-order valence-corrected chi connectivity index (χ3v) is 0.853. The molecule has 0 aliphatic carbocycles. The highest BCUT2D eigenvalue weighted by molar-refractivity contribution is 4.83. The molecule has 0 bridgehead atoms. The zero-order valence-electron chi connectivity index (χ0n) is 5.26. The molecule has 0 spiro atoms. The Bertz CT molecular complexity index is 220. The van der Waals surface area contributed by atoms with E-state index in [4.69, 9.17) is 0 Å². The molecule has 0 fully saturated rings. The summed E-state index contributed by atoms with van der Waals surface area (Å²) in [4.78, 5) is 3.31. The van der Waals surface area contributed by atoms with Crippen LogP contribution in [0.5, 0.6) is 0 Å². The van der Waals surface area contributed by atoms with Crippen molar-refractivity contribution in [2.75, 3.05) is 0 Å². The first-order chi connectivity index (χ1) is 5.08. The summed E-state index contributed by atoms with van der Waals surface area (Å²) < 4.78 is 34.9. The van der Waals surface area contributed by atoms with E-state index in [9.17, 15) is 13.2 Å². The van der Waals surface area contributed by atoms with E-state index >= 15 is 0 Å². The molecule has 1 heterocycles. The van der Waals surface area contributed by atoms with E-state index < -0.39 is 12.6 Å². The molecule has 6 heteroatoms. The van der Waals surface area contributed by atoms with Crippen molar-refractivity contribution < 1.29 is 13.2 Å². The first-order valence-electron chi connectivity index (χ1n) is 2.69. The Morgan fingerprint density at radius 3 is 2.64 bits per heavy atom. The first-order valence-corrected chi connectivity index (χ1v) is 2.69. The number of rotatable bonds is 1. The maximum atomic E-state index is 11.6. The minimum Gasteiger partial charge on any atom is -0.237 e. The van der Waals surface area contributed by atoms with Gasteiger partial charge in [0, 0.05) is 0 Å². The van der Waals surface area contributed by atoms with Crippen molar-refractivity contribution in [3.8, 4) is 0 Å². The minimum atomic E-state index is -4.27. The van der Waals surface area contributed by atoms with Gasteiger partial charge in [-0.25, -0.2) is 4.98 Å². The van der Waals surface area contributed by atoms with E-state index in [2.05, 4.69) is 21.4 Å². The van der Waals surface area contributed by atoms with Gasteiger partial charge >= 0.3 is 6.18 Å². The van der Waals surface area contributed by atoms with Gasteiger partial charge in [-0.1, -0.05) is 0 Å². The van der Waals surface area contributed by atoms with Crippen LogP contribution in [0.1, 0.15) is 5.82 Å². The van der Waals surface area contributed by atoms with Gasteiger partial charge in [-0.15, -0.1) is 10.2 Å². The van der Waals surface area contributed by atoms with Crippen molar-refractivity contribution in [2.24, 2.45) is 0 Å². The average molecular weight is 162 g/mol. The Labute approximate surface area is 60.3 Å². The van der Waals surface area contributed by atoms with Crippen LogP contribution in [0.3, 0.4) is 0 Å². The molecule has 0 aliphatic heterocycles. The third kappa shape index (κ3) is 2.92. The summed E-state index contributed by atoms with van der Waals surface area (Å²) in [6, 6.07) is 0. The van der Waals surface area contributed by atoms with Crippen LogP contribution in [0.4, 0.5) is 13.2 Å². The fourth-order valence-electron chi connectivity index (χ4n) is 0.502. The molecule has 1 aromatic heterocycles. The molecule has 0 atom stereocenters. The summed E-state index contributed by atoms with van der Waals surface area (Å²) in [5, 5.41) is 6.26. The largest absolute Gasteiger partial charge is 0.396 e. The van der Waals surface area contributed by atoms with Crippen molar-refractivity contribution in [2.45, 2.75) is 12.6 Å². The van der Waals surface area contributed by atoms with E-state index in [0.717, 1.165) is 6.20 Å². The molecule has 1 aromatic rings. The fourth-order valence-corrected chi connectivity index (χ4v) is 0.502. The van der Waals surface area contributed by atoms with E-state index in [1.807, 2.05) is 0 Å². The van der Waals surface area contributed by atoms with Gasteiger partial charge < -0.3 is 0 Å². The van der Waals surface area contributed by atoms with Crippen molar-refractivity contribution in [1.29, 1.82) is 0 Å². The Balaban J connectivity index is 2.66. The van der Waals surface area contributed by atoms with Crippen molar-refractivity contribution in [3.05, 3.63) is 18.2 Å². The van der Waals surface area contributed by atoms with Crippen LogP contribution in [0.2, 0.25) is 0 Å². The van der Waals surface area contributed by atoms with E-state index in [-0.39, 0.29) is 5.82 Å². The first kappa shape index (κ1) is 7.90. The number of halogens is 3. The molecular formula is C5H3F3N3. The second-order valence-corrected chi connectivity index (χ2v) is 1.80. The van der Waals surface area contributed by atoms with Crippen LogP contribution in [0, 0.1) is 6.20 Å². The van der Waals surface area contributed by atoms with Gasteiger partial charge in [0.1, 0.15) is 12.6 Å². The van der Waals surface area contributed by atoms with Crippen LogP contribution in [0.15, 0.2) is 6.20 Å². The second-order valence-electron chi connectivity index (χ2n) is 1.80. The molecule has 0 aliphatic rings. The van der Waals surface area contributed by atoms with E-state index in [0.29, 0.717) is 0 Å². The maximum absolute atomic E-state index is 11.6.